The zero-order valence-electron chi connectivity index (χ0n) is 35.3. The number of anilines is 2. The summed E-state index contributed by atoms with van der Waals surface area (Å²) in [5.74, 6) is 3.21. The average Bonchev–Trinajstić information content (AvgIpc) is 3.81. The molecule has 18 heteroatoms. The van der Waals surface area contributed by atoms with Gasteiger partial charge in [0, 0.05) is 80.8 Å². The number of aromatic nitrogens is 3. The molecule has 5 heterocycles. The molecule has 0 radical (unpaired) electrons. The van der Waals surface area contributed by atoms with Crippen molar-refractivity contribution in [2.75, 3.05) is 43.4 Å². The molecule has 0 aliphatic carbocycles. The number of benzene rings is 3. The van der Waals surface area contributed by atoms with Gasteiger partial charge in [-0.2, -0.15) is 18.3 Å². The first-order valence-electron chi connectivity index (χ1n) is 21.3. The standard InChI is InChI=1S/C47H44F3N9O6/c1-29-8-9-31(24-30(29)11-14-35-27-52-40-6-5-19-53-59(35)40)43(62)54-34-12-10-32(38(26-34)47(48,49)50)28-56-20-22-57(23-21-56)42(61)7-3-2-4-18-51-33-13-15-36-37(25-33)46(65)58(45(36)64)39-16-17-41(60)55-44(39)63/h5-6,8-10,12-13,15,19,24-27,39,51H,2-4,7,16-18,20-23,28H2,1H3,(H,54,62)(H,55,60,63). The number of nitrogens with one attached hydrogen (secondary N) is 3. The SMILES string of the molecule is Cc1ccc(C(=O)Nc2ccc(CN3CCN(C(=O)CCCCCNc4ccc5c(c4)C(=O)N(C4CCC(=O)NC4=O)C5=O)CC3)c(C(F)(F)F)c2)cc1C#Cc1cnc2cccnn12. The zero-order chi connectivity index (χ0) is 45.8. The van der Waals surface area contributed by atoms with Gasteiger partial charge in [0.05, 0.1) is 22.9 Å². The second-order valence-corrected chi connectivity index (χ2v) is 16.1. The number of piperidine rings is 1. The molecule has 65 heavy (non-hydrogen) atoms. The fourth-order valence-electron chi connectivity index (χ4n) is 8.15. The molecule has 0 spiro atoms. The molecule has 0 bridgehead atoms. The van der Waals surface area contributed by atoms with Crippen LogP contribution in [0.4, 0.5) is 24.5 Å². The first-order valence-corrected chi connectivity index (χ1v) is 21.3. The first-order chi connectivity index (χ1) is 31.2. The van der Waals surface area contributed by atoms with E-state index in [-0.39, 0.29) is 53.2 Å². The topological polar surface area (TPSA) is 178 Å². The molecule has 2 fully saturated rings. The van der Waals surface area contributed by atoms with Crippen LogP contribution >= 0.6 is 0 Å². The molecule has 2 saturated heterocycles. The number of hydrogen-bond acceptors (Lipinski definition) is 10. The van der Waals surface area contributed by atoms with Crippen molar-refractivity contribution in [2.24, 2.45) is 0 Å². The third-order valence-corrected chi connectivity index (χ3v) is 11.7. The summed E-state index contributed by atoms with van der Waals surface area (Å²) >= 11 is 0. The number of carbonyl (C=O) groups is 6. The minimum absolute atomic E-state index is 0.000200. The highest BCUT2D eigenvalue weighted by Gasteiger charge is 2.44. The fraction of sp³-hybridized carbons (Fsp3) is 0.319. The van der Waals surface area contributed by atoms with Crippen molar-refractivity contribution in [3.8, 4) is 11.8 Å². The Morgan fingerprint density at radius 2 is 1.66 bits per heavy atom. The van der Waals surface area contributed by atoms with E-state index >= 15 is 0 Å². The average molecular weight is 888 g/mol. The minimum Gasteiger partial charge on any atom is -0.385 e. The zero-order valence-corrected chi connectivity index (χ0v) is 35.3. The van der Waals surface area contributed by atoms with E-state index in [0.29, 0.717) is 68.2 Å². The normalized spacial score (nSPS) is 16.6. The van der Waals surface area contributed by atoms with Gasteiger partial charge in [0.15, 0.2) is 5.65 Å². The van der Waals surface area contributed by atoms with Crippen LogP contribution in [0.1, 0.15) is 97.5 Å². The molecule has 1 atom stereocenters. The summed E-state index contributed by atoms with van der Waals surface area (Å²) < 4.78 is 44.8. The van der Waals surface area contributed by atoms with Crippen LogP contribution in [0.3, 0.4) is 0 Å². The van der Waals surface area contributed by atoms with Gasteiger partial charge in [0.25, 0.3) is 17.7 Å². The lowest BCUT2D eigenvalue weighted by Crippen LogP contribution is -2.54. The van der Waals surface area contributed by atoms with Crippen LogP contribution in [0.2, 0.25) is 0 Å². The van der Waals surface area contributed by atoms with Gasteiger partial charge in [-0.3, -0.25) is 43.9 Å². The summed E-state index contributed by atoms with van der Waals surface area (Å²) in [4.78, 5) is 85.0. The molecule has 2 aromatic heterocycles. The van der Waals surface area contributed by atoms with Crippen LogP contribution < -0.4 is 16.0 Å². The van der Waals surface area contributed by atoms with Gasteiger partial charge in [0.1, 0.15) is 11.7 Å². The Labute approximate surface area is 371 Å². The molecule has 15 nitrogen and oxygen atoms in total. The van der Waals surface area contributed by atoms with E-state index in [0.717, 1.165) is 29.4 Å². The molecular weight excluding hydrogens is 844 g/mol. The van der Waals surface area contributed by atoms with Gasteiger partial charge >= 0.3 is 6.18 Å². The molecule has 3 aliphatic rings. The maximum Gasteiger partial charge on any atom is 0.416 e. The Bertz CT molecular complexity index is 2790. The lowest BCUT2D eigenvalue weighted by molar-refractivity contribution is -0.139. The van der Waals surface area contributed by atoms with Crippen LogP contribution in [-0.4, -0.2) is 104 Å². The third-order valence-electron chi connectivity index (χ3n) is 11.7. The summed E-state index contributed by atoms with van der Waals surface area (Å²) in [6, 6.07) is 16.0. The van der Waals surface area contributed by atoms with E-state index in [1.165, 1.54) is 12.1 Å². The molecule has 334 valence electrons. The van der Waals surface area contributed by atoms with Crippen LogP contribution in [-0.2, 0) is 27.1 Å². The van der Waals surface area contributed by atoms with E-state index in [1.54, 1.807) is 70.3 Å². The molecule has 6 amide bonds. The monoisotopic (exact) mass is 887 g/mol. The van der Waals surface area contributed by atoms with E-state index in [1.807, 2.05) is 11.8 Å². The molecule has 3 aromatic carbocycles. The molecule has 3 aliphatic heterocycles. The summed E-state index contributed by atoms with van der Waals surface area (Å²) in [5.41, 5.74) is 3.02. The van der Waals surface area contributed by atoms with Gasteiger partial charge in [-0.05, 0) is 97.8 Å². The summed E-state index contributed by atoms with van der Waals surface area (Å²) in [5, 5.41) is 12.3. The second-order valence-electron chi connectivity index (χ2n) is 16.1. The molecule has 1 unspecified atom stereocenters. The van der Waals surface area contributed by atoms with E-state index in [9.17, 15) is 41.9 Å². The number of halogens is 3. The molecule has 3 N–H and O–H groups in total. The van der Waals surface area contributed by atoms with E-state index in [4.69, 9.17) is 0 Å². The van der Waals surface area contributed by atoms with E-state index < -0.39 is 47.3 Å². The van der Waals surface area contributed by atoms with Crippen LogP contribution in [0, 0.1) is 18.8 Å². The highest BCUT2D eigenvalue weighted by atomic mass is 19.4. The molecular formula is C47H44F3N9O6. The van der Waals surface area contributed by atoms with Crippen LogP contribution in [0.5, 0.6) is 0 Å². The number of unbranched alkanes of at least 4 members (excludes halogenated alkanes) is 2. The number of nitrogens with zero attached hydrogens (tertiary/aromatic N) is 6. The Kier molecular flexibility index (Phi) is 12.8. The summed E-state index contributed by atoms with van der Waals surface area (Å²) in [6.45, 7) is 3.98. The molecule has 5 aromatic rings. The van der Waals surface area contributed by atoms with Crippen molar-refractivity contribution in [3.63, 3.8) is 0 Å². The Morgan fingerprint density at radius 3 is 2.45 bits per heavy atom. The van der Waals surface area contributed by atoms with Crippen molar-refractivity contribution in [1.82, 2.24) is 34.6 Å². The highest BCUT2D eigenvalue weighted by Crippen LogP contribution is 2.35. The number of amides is 6. The second kappa shape index (κ2) is 18.8. The third kappa shape index (κ3) is 9.90. The van der Waals surface area contributed by atoms with Crippen molar-refractivity contribution >= 4 is 52.5 Å². The van der Waals surface area contributed by atoms with Crippen LogP contribution in [0.25, 0.3) is 5.65 Å². The number of imide groups is 2. The lowest BCUT2D eigenvalue weighted by atomic mass is 10.0. The van der Waals surface area contributed by atoms with Gasteiger partial charge in [-0.15, -0.1) is 0 Å². The van der Waals surface area contributed by atoms with Crippen molar-refractivity contribution < 1.29 is 41.9 Å². The maximum atomic E-state index is 14.4. The number of aryl methyl sites for hydroxylation is 1. The first kappa shape index (κ1) is 44.2. The quantitative estimate of drug-likeness (QED) is 0.0832. The highest BCUT2D eigenvalue weighted by molar-refractivity contribution is 6.23. The Hall–Kier alpha value is -7.39. The van der Waals surface area contributed by atoms with Gasteiger partial charge in [-0.1, -0.05) is 24.5 Å². The molecule has 0 saturated carbocycles. The summed E-state index contributed by atoms with van der Waals surface area (Å²) in [7, 11) is 0. The van der Waals surface area contributed by atoms with Crippen molar-refractivity contribution in [1.29, 1.82) is 0 Å². The minimum atomic E-state index is -4.68. The Morgan fingerprint density at radius 1 is 0.877 bits per heavy atom. The van der Waals surface area contributed by atoms with E-state index in [2.05, 4.69) is 37.9 Å². The number of rotatable bonds is 12. The fourth-order valence-corrected chi connectivity index (χ4v) is 8.15. The number of carbonyl (C=O) groups excluding carboxylic acids is 6. The number of alkyl halides is 3. The number of imidazole rings is 1. The largest absolute Gasteiger partial charge is 0.416 e. The number of piperazine rings is 1. The smallest absolute Gasteiger partial charge is 0.385 e. The lowest BCUT2D eigenvalue weighted by Gasteiger charge is -2.35. The molecule has 8 rings (SSSR count). The van der Waals surface area contributed by atoms with Crippen molar-refractivity contribution in [2.45, 2.75) is 64.2 Å². The van der Waals surface area contributed by atoms with Gasteiger partial charge < -0.3 is 15.5 Å². The maximum absolute atomic E-state index is 14.4. The predicted octanol–water partition coefficient (Wildman–Crippen LogP) is 5.43. The number of fused-ring (bicyclic) bond motifs is 2. The van der Waals surface area contributed by atoms with Crippen molar-refractivity contribution in [3.05, 3.63) is 124 Å². The Balaban J connectivity index is 0.778. The predicted molar refractivity (Wildman–Crippen MR) is 231 cm³/mol. The van der Waals surface area contributed by atoms with Gasteiger partial charge in [0.2, 0.25) is 17.7 Å². The van der Waals surface area contributed by atoms with Crippen LogP contribution in [0.15, 0.2) is 79.1 Å². The van der Waals surface area contributed by atoms with Gasteiger partial charge in [-0.25, -0.2) is 9.50 Å². The summed E-state index contributed by atoms with van der Waals surface area (Å²) in [6.07, 6.45) is 1.09. The number of hydrogen-bond donors (Lipinski definition) is 3.